The molecule has 1 heterocycles. The van der Waals surface area contributed by atoms with Gasteiger partial charge in [-0.3, -0.25) is 9.78 Å². The summed E-state index contributed by atoms with van der Waals surface area (Å²) in [5, 5.41) is 6.16. The largest absolute Gasteiger partial charge is 0.484 e. The summed E-state index contributed by atoms with van der Waals surface area (Å²) in [5.74, 6) is 0.482. The van der Waals surface area contributed by atoms with Crippen LogP contribution in [-0.4, -0.2) is 17.5 Å². The third kappa shape index (κ3) is 3.67. The van der Waals surface area contributed by atoms with Gasteiger partial charge in [-0.05, 0) is 61.4 Å². The highest BCUT2D eigenvalue weighted by Crippen LogP contribution is 2.27. The predicted molar refractivity (Wildman–Crippen MR) is 114 cm³/mol. The lowest BCUT2D eigenvalue weighted by atomic mass is 10.0. The van der Waals surface area contributed by atoms with Gasteiger partial charge in [0.25, 0.3) is 5.91 Å². The van der Waals surface area contributed by atoms with Crippen LogP contribution < -0.4 is 10.1 Å². The molecular formula is C24H22N2O2. The SMILES string of the molecule is Cc1cc(C)c2nc(C)cc(NC(=O)COc3ccc4ccccc4c3)c2c1. The zero-order chi connectivity index (χ0) is 19.7. The smallest absolute Gasteiger partial charge is 0.262 e. The highest BCUT2D eigenvalue weighted by atomic mass is 16.5. The molecule has 140 valence electrons. The molecule has 0 unspecified atom stereocenters. The molecule has 0 radical (unpaired) electrons. The van der Waals surface area contributed by atoms with E-state index in [1.54, 1.807) is 0 Å². The Morgan fingerprint density at radius 2 is 1.75 bits per heavy atom. The van der Waals surface area contributed by atoms with E-state index in [-0.39, 0.29) is 12.5 Å². The molecule has 4 rings (SSSR count). The Kier molecular flexibility index (Phi) is 4.70. The van der Waals surface area contributed by atoms with Crippen LogP contribution in [0.2, 0.25) is 0 Å². The summed E-state index contributed by atoms with van der Waals surface area (Å²) in [6.07, 6.45) is 0. The minimum atomic E-state index is -0.195. The zero-order valence-corrected chi connectivity index (χ0v) is 16.2. The number of hydrogen-bond acceptors (Lipinski definition) is 3. The number of aromatic nitrogens is 1. The average molecular weight is 370 g/mol. The molecule has 0 bridgehead atoms. The van der Waals surface area contributed by atoms with E-state index in [0.29, 0.717) is 5.75 Å². The summed E-state index contributed by atoms with van der Waals surface area (Å²) < 4.78 is 5.71. The maximum atomic E-state index is 12.5. The molecule has 0 spiro atoms. The van der Waals surface area contributed by atoms with Crippen molar-refractivity contribution < 1.29 is 9.53 Å². The minimum Gasteiger partial charge on any atom is -0.484 e. The van der Waals surface area contributed by atoms with Gasteiger partial charge >= 0.3 is 0 Å². The molecule has 0 aliphatic rings. The summed E-state index contributed by atoms with van der Waals surface area (Å²) in [4.78, 5) is 17.1. The fourth-order valence-electron chi connectivity index (χ4n) is 3.50. The molecule has 4 aromatic rings. The number of rotatable bonds is 4. The summed E-state index contributed by atoms with van der Waals surface area (Å²) in [5.41, 5.74) is 4.78. The number of hydrogen-bond donors (Lipinski definition) is 1. The van der Waals surface area contributed by atoms with Crippen molar-refractivity contribution in [2.24, 2.45) is 0 Å². The Morgan fingerprint density at radius 3 is 2.57 bits per heavy atom. The van der Waals surface area contributed by atoms with E-state index < -0.39 is 0 Å². The van der Waals surface area contributed by atoms with E-state index in [1.807, 2.05) is 69.3 Å². The Labute approximate surface area is 164 Å². The molecule has 1 amide bonds. The number of fused-ring (bicyclic) bond motifs is 2. The first-order valence-corrected chi connectivity index (χ1v) is 9.30. The van der Waals surface area contributed by atoms with Crippen LogP contribution in [0.5, 0.6) is 5.75 Å². The number of anilines is 1. The number of nitrogens with one attached hydrogen (secondary N) is 1. The first-order chi connectivity index (χ1) is 13.5. The van der Waals surface area contributed by atoms with E-state index in [4.69, 9.17) is 4.74 Å². The van der Waals surface area contributed by atoms with Crippen LogP contribution in [0.1, 0.15) is 16.8 Å². The number of pyridine rings is 1. The van der Waals surface area contributed by atoms with Gasteiger partial charge in [0.15, 0.2) is 6.61 Å². The van der Waals surface area contributed by atoms with Gasteiger partial charge in [0, 0.05) is 11.1 Å². The summed E-state index contributed by atoms with van der Waals surface area (Å²) in [6.45, 7) is 5.96. The minimum absolute atomic E-state index is 0.0496. The average Bonchev–Trinajstić information content (AvgIpc) is 2.67. The van der Waals surface area contributed by atoms with Crippen LogP contribution in [0.3, 0.4) is 0 Å². The summed E-state index contributed by atoms with van der Waals surface area (Å²) in [7, 11) is 0. The number of nitrogens with zero attached hydrogens (tertiary/aromatic N) is 1. The summed E-state index contributed by atoms with van der Waals surface area (Å²) in [6, 6.07) is 19.9. The number of ether oxygens (including phenoxy) is 1. The van der Waals surface area contributed by atoms with Gasteiger partial charge in [-0.15, -0.1) is 0 Å². The van der Waals surface area contributed by atoms with Crippen LogP contribution >= 0.6 is 0 Å². The quantitative estimate of drug-likeness (QED) is 0.528. The summed E-state index contributed by atoms with van der Waals surface area (Å²) >= 11 is 0. The normalized spacial score (nSPS) is 11.0. The van der Waals surface area contributed by atoms with Gasteiger partial charge in [0.2, 0.25) is 0 Å². The van der Waals surface area contributed by atoms with Crippen LogP contribution in [0.15, 0.2) is 60.7 Å². The lowest BCUT2D eigenvalue weighted by Gasteiger charge is -2.13. The molecule has 1 aromatic heterocycles. The molecule has 0 saturated heterocycles. The van der Waals surface area contributed by atoms with Gasteiger partial charge in [0.1, 0.15) is 5.75 Å². The van der Waals surface area contributed by atoms with Crippen molar-refractivity contribution in [2.75, 3.05) is 11.9 Å². The van der Waals surface area contributed by atoms with E-state index in [1.165, 1.54) is 0 Å². The van der Waals surface area contributed by atoms with Crippen molar-refractivity contribution in [3.8, 4) is 5.75 Å². The lowest BCUT2D eigenvalue weighted by Crippen LogP contribution is -2.20. The number of carbonyl (C=O) groups excluding carboxylic acids is 1. The van der Waals surface area contributed by atoms with E-state index in [9.17, 15) is 4.79 Å². The first kappa shape index (κ1) is 18.0. The van der Waals surface area contributed by atoms with Crippen LogP contribution in [0, 0.1) is 20.8 Å². The third-order valence-corrected chi connectivity index (χ3v) is 4.74. The topological polar surface area (TPSA) is 51.2 Å². The molecule has 0 fully saturated rings. The number of benzene rings is 3. The van der Waals surface area contributed by atoms with E-state index in [2.05, 4.69) is 22.4 Å². The first-order valence-electron chi connectivity index (χ1n) is 9.30. The molecule has 4 nitrogen and oxygen atoms in total. The number of amides is 1. The molecule has 0 atom stereocenters. The van der Waals surface area contributed by atoms with Gasteiger partial charge in [0.05, 0.1) is 11.2 Å². The van der Waals surface area contributed by atoms with Gasteiger partial charge in [-0.25, -0.2) is 0 Å². The van der Waals surface area contributed by atoms with E-state index in [0.717, 1.165) is 44.2 Å². The molecule has 0 saturated carbocycles. The van der Waals surface area contributed by atoms with Crippen molar-refractivity contribution in [3.63, 3.8) is 0 Å². The maximum absolute atomic E-state index is 12.5. The zero-order valence-electron chi connectivity index (χ0n) is 16.2. The fourth-order valence-corrected chi connectivity index (χ4v) is 3.50. The lowest BCUT2D eigenvalue weighted by molar-refractivity contribution is -0.118. The Hall–Kier alpha value is -3.40. The molecule has 0 aliphatic heterocycles. The van der Waals surface area contributed by atoms with Crippen molar-refractivity contribution in [2.45, 2.75) is 20.8 Å². The van der Waals surface area contributed by atoms with Gasteiger partial charge < -0.3 is 10.1 Å². The monoisotopic (exact) mass is 370 g/mol. The highest BCUT2D eigenvalue weighted by molar-refractivity contribution is 6.02. The second-order valence-electron chi connectivity index (χ2n) is 7.13. The second-order valence-corrected chi connectivity index (χ2v) is 7.13. The number of carbonyl (C=O) groups is 1. The fraction of sp³-hybridized carbons (Fsp3) is 0.167. The van der Waals surface area contributed by atoms with Crippen molar-refractivity contribution >= 4 is 33.3 Å². The van der Waals surface area contributed by atoms with Crippen LogP contribution in [-0.2, 0) is 4.79 Å². The third-order valence-electron chi connectivity index (χ3n) is 4.74. The molecule has 3 aromatic carbocycles. The van der Waals surface area contributed by atoms with Gasteiger partial charge in [-0.1, -0.05) is 42.0 Å². The van der Waals surface area contributed by atoms with Crippen molar-refractivity contribution in [1.29, 1.82) is 0 Å². The van der Waals surface area contributed by atoms with Gasteiger partial charge in [-0.2, -0.15) is 0 Å². The number of aryl methyl sites for hydroxylation is 3. The highest BCUT2D eigenvalue weighted by Gasteiger charge is 2.11. The predicted octanol–water partition coefficient (Wildman–Crippen LogP) is 5.33. The molecule has 1 N–H and O–H groups in total. The Morgan fingerprint density at radius 1 is 0.964 bits per heavy atom. The van der Waals surface area contributed by atoms with Crippen molar-refractivity contribution in [1.82, 2.24) is 4.98 Å². The Bertz CT molecular complexity index is 1200. The molecule has 4 heteroatoms. The standard InChI is InChI=1S/C24H22N2O2/c1-15-10-16(2)24-21(11-15)22(12-17(3)25-24)26-23(27)14-28-20-9-8-18-6-4-5-7-19(18)13-20/h4-13H,14H2,1-3H3,(H,25,26,27). The van der Waals surface area contributed by atoms with Crippen LogP contribution in [0.25, 0.3) is 21.7 Å². The van der Waals surface area contributed by atoms with Crippen molar-refractivity contribution in [3.05, 3.63) is 77.5 Å². The Balaban J connectivity index is 1.53. The van der Waals surface area contributed by atoms with E-state index >= 15 is 0 Å². The molecular weight excluding hydrogens is 348 g/mol. The molecule has 0 aliphatic carbocycles. The van der Waals surface area contributed by atoms with Crippen LogP contribution in [0.4, 0.5) is 5.69 Å². The second kappa shape index (κ2) is 7.31. The molecule has 28 heavy (non-hydrogen) atoms. The maximum Gasteiger partial charge on any atom is 0.262 e.